The summed E-state index contributed by atoms with van der Waals surface area (Å²) in [7, 11) is 1.84. The van der Waals surface area contributed by atoms with Crippen molar-refractivity contribution in [1.29, 1.82) is 0 Å². The van der Waals surface area contributed by atoms with Gasteiger partial charge in [-0.3, -0.25) is 9.48 Å². The average Bonchev–Trinajstić information content (AvgIpc) is 3.07. The molecule has 2 aromatic rings. The van der Waals surface area contributed by atoms with Crippen LogP contribution in [0.5, 0.6) is 0 Å². The van der Waals surface area contributed by atoms with Gasteiger partial charge in [0.25, 0.3) is 5.91 Å². The summed E-state index contributed by atoms with van der Waals surface area (Å²) in [4.78, 5) is 14.9. The van der Waals surface area contributed by atoms with Gasteiger partial charge in [-0.25, -0.2) is 0 Å². The molecule has 1 aliphatic rings. The number of hydrogen-bond acceptors (Lipinski definition) is 4. The SMILES string of the molecule is CC(C)c1cc(C(=O)N2CCCCC[C@@H]2c2nn(C)cc2Cl)no1. The minimum absolute atomic E-state index is 0.112. The number of carbonyl (C=O) groups excluding carboxylic acids is 1. The van der Waals surface area contributed by atoms with Crippen LogP contribution in [0, 0.1) is 0 Å². The van der Waals surface area contributed by atoms with Crippen LogP contribution in [0.15, 0.2) is 16.8 Å². The topological polar surface area (TPSA) is 64.2 Å². The van der Waals surface area contributed by atoms with Gasteiger partial charge in [-0.15, -0.1) is 0 Å². The van der Waals surface area contributed by atoms with Crippen molar-refractivity contribution in [2.45, 2.75) is 51.5 Å². The molecular weight excluding hydrogens is 328 g/mol. The van der Waals surface area contributed by atoms with Crippen molar-refractivity contribution >= 4 is 17.5 Å². The lowest BCUT2D eigenvalue weighted by molar-refractivity contribution is 0.0665. The summed E-state index contributed by atoms with van der Waals surface area (Å²) < 4.78 is 6.99. The number of amides is 1. The number of halogens is 1. The second-order valence-electron chi connectivity index (χ2n) is 6.67. The van der Waals surface area contributed by atoms with Crippen LogP contribution in [0.3, 0.4) is 0 Å². The maximum Gasteiger partial charge on any atom is 0.276 e. The van der Waals surface area contributed by atoms with Crippen molar-refractivity contribution in [3.05, 3.63) is 34.4 Å². The number of aryl methyl sites for hydroxylation is 1. The van der Waals surface area contributed by atoms with Crippen LogP contribution in [-0.4, -0.2) is 32.3 Å². The average molecular weight is 351 g/mol. The molecule has 6 nitrogen and oxygen atoms in total. The van der Waals surface area contributed by atoms with Crippen molar-refractivity contribution < 1.29 is 9.32 Å². The summed E-state index contributed by atoms with van der Waals surface area (Å²) in [5, 5.41) is 9.06. The third-order valence-electron chi connectivity index (χ3n) is 4.46. The summed E-state index contributed by atoms with van der Waals surface area (Å²) in [6, 6.07) is 1.63. The van der Waals surface area contributed by atoms with Gasteiger partial charge in [-0.05, 0) is 12.8 Å². The third-order valence-corrected chi connectivity index (χ3v) is 4.75. The fourth-order valence-electron chi connectivity index (χ4n) is 3.15. The number of rotatable bonds is 3. The van der Waals surface area contributed by atoms with Crippen molar-refractivity contribution in [1.82, 2.24) is 19.8 Å². The van der Waals surface area contributed by atoms with Gasteiger partial charge < -0.3 is 9.42 Å². The highest BCUT2D eigenvalue weighted by atomic mass is 35.5. The first-order valence-electron chi connectivity index (χ1n) is 8.44. The molecule has 24 heavy (non-hydrogen) atoms. The Bertz CT molecular complexity index is 722. The van der Waals surface area contributed by atoms with E-state index in [1.54, 1.807) is 16.9 Å². The monoisotopic (exact) mass is 350 g/mol. The molecule has 0 unspecified atom stereocenters. The molecule has 0 aromatic carbocycles. The summed E-state index contributed by atoms with van der Waals surface area (Å²) >= 11 is 6.34. The largest absolute Gasteiger partial charge is 0.360 e. The highest BCUT2D eigenvalue weighted by Gasteiger charge is 2.32. The van der Waals surface area contributed by atoms with Crippen LogP contribution in [-0.2, 0) is 7.05 Å². The van der Waals surface area contributed by atoms with Crippen LogP contribution in [0.2, 0.25) is 5.02 Å². The number of carbonyl (C=O) groups is 1. The minimum Gasteiger partial charge on any atom is -0.360 e. The predicted octanol–water partition coefficient (Wildman–Crippen LogP) is 3.94. The standard InChI is InChI=1S/C17H23ClN4O2/c1-11(2)15-9-13(20-24-15)17(23)22-8-6-4-5-7-14(22)16-12(18)10-21(3)19-16/h9-11,14H,4-8H2,1-3H3/t14-/m1/s1. The van der Waals surface area contributed by atoms with Gasteiger partial charge >= 0.3 is 0 Å². The van der Waals surface area contributed by atoms with Crippen molar-refractivity contribution in [3.63, 3.8) is 0 Å². The summed E-state index contributed by atoms with van der Waals surface area (Å²) in [6.45, 7) is 4.70. The Labute approximate surface area is 146 Å². The van der Waals surface area contributed by atoms with Crippen LogP contribution in [0.4, 0.5) is 0 Å². The molecule has 0 bridgehead atoms. The Hall–Kier alpha value is -1.82. The van der Waals surface area contributed by atoms with Gasteiger partial charge in [0.05, 0.1) is 11.1 Å². The Balaban J connectivity index is 1.91. The fraction of sp³-hybridized carbons (Fsp3) is 0.588. The van der Waals surface area contributed by atoms with E-state index in [1.165, 1.54) is 0 Å². The van der Waals surface area contributed by atoms with Crippen LogP contribution < -0.4 is 0 Å². The molecule has 0 radical (unpaired) electrons. The molecule has 3 heterocycles. The van der Waals surface area contributed by atoms with Gasteiger partial charge in [0.2, 0.25) is 0 Å². The Morgan fingerprint density at radius 2 is 2.17 bits per heavy atom. The van der Waals surface area contributed by atoms with E-state index in [-0.39, 0.29) is 17.9 Å². The van der Waals surface area contributed by atoms with Gasteiger partial charge in [0, 0.05) is 31.8 Å². The van der Waals surface area contributed by atoms with Crippen LogP contribution in [0.25, 0.3) is 0 Å². The smallest absolute Gasteiger partial charge is 0.276 e. The van der Waals surface area contributed by atoms with Gasteiger partial charge in [0.15, 0.2) is 5.69 Å². The summed E-state index contributed by atoms with van der Waals surface area (Å²) in [6.07, 6.45) is 5.76. The second kappa shape index (κ2) is 6.97. The first-order chi connectivity index (χ1) is 11.5. The molecule has 130 valence electrons. The minimum atomic E-state index is -0.118. The first-order valence-corrected chi connectivity index (χ1v) is 8.81. The molecule has 0 N–H and O–H groups in total. The molecule has 1 atom stereocenters. The first kappa shape index (κ1) is 17.0. The zero-order chi connectivity index (χ0) is 17.3. The van der Waals surface area contributed by atoms with E-state index in [4.69, 9.17) is 16.1 Å². The van der Waals surface area contributed by atoms with E-state index in [0.29, 0.717) is 17.3 Å². The normalized spacial score (nSPS) is 18.9. The molecule has 1 amide bonds. The number of nitrogens with zero attached hydrogens (tertiary/aromatic N) is 4. The molecular formula is C17H23ClN4O2. The predicted molar refractivity (Wildman–Crippen MR) is 91.1 cm³/mol. The molecule has 1 saturated heterocycles. The van der Waals surface area contributed by atoms with E-state index in [9.17, 15) is 4.79 Å². The Morgan fingerprint density at radius 3 is 2.79 bits per heavy atom. The Kier molecular flexibility index (Phi) is 4.94. The van der Waals surface area contributed by atoms with Gasteiger partial charge in [-0.2, -0.15) is 5.10 Å². The molecule has 0 aliphatic carbocycles. The zero-order valence-electron chi connectivity index (χ0n) is 14.3. The highest BCUT2D eigenvalue weighted by molar-refractivity contribution is 6.31. The molecule has 7 heteroatoms. The highest BCUT2D eigenvalue weighted by Crippen LogP contribution is 2.34. The number of hydrogen-bond donors (Lipinski definition) is 0. The van der Waals surface area contributed by atoms with Crippen molar-refractivity contribution in [3.8, 4) is 0 Å². The lowest BCUT2D eigenvalue weighted by Gasteiger charge is -2.28. The number of aromatic nitrogens is 3. The molecule has 1 aliphatic heterocycles. The van der Waals surface area contributed by atoms with Gasteiger partial charge in [0.1, 0.15) is 11.5 Å². The molecule has 3 rings (SSSR count). The van der Waals surface area contributed by atoms with E-state index in [2.05, 4.69) is 10.3 Å². The lowest BCUT2D eigenvalue weighted by Crippen LogP contribution is -2.35. The molecule has 0 saturated carbocycles. The van der Waals surface area contributed by atoms with E-state index in [0.717, 1.165) is 37.1 Å². The number of likely N-dealkylation sites (tertiary alicyclic amines) is 1. The lowest BCUT2D eigenvalue weighted by atomic mass is 10.1. The van der Waals surface area contributed by atoms with Crippen molar-refractivity contribution in [2.24, 2.45) is 7.05 Å². The third kappa shape index (κ3) is 3.34. The summed E-state index contributed by atoms with van der Waals surface area (Å²) in [5.74, 6) is 0.809. The fourth-order valence-corrected chi connectivity index (χ4v) is 3.45. The summed E-state index contributed by atoms with van der Waals surface area (Å²) in [5.41, 5.74) is 1.12. The van der Waals surface area contributed by atoms with E-state index >= 15 is 0 Å². The molecule has 2 aromatic heterocycles. The second-order valence-corrected chi connectivity index (χ2v) is 7.08. The van der Waals surface area contributed by atoms with E-state index < -0.39 is 0 Å². The molecule has 0 spiro atoms. The van der Waals surface area contributed by atoms with Gasteiger partial charge in [-0.1, -0.05) is 43.4 Å². The van der Waals surface area contributed by atoms with Crippen LogP contribution >= 0.6 is 11.6 Å². The van der Waals surface area contributed by atoms with Crippen LogP contribution in [0.1, 0.15) is 73.4 Å². The maximum atomic E-state index is 13.0. The molecule has 1 fully saturated rings. The van der Waals surface area contributed by atoms with Crippen molar-refractivity contribution in [2.75, 3.05) is 6.54 Å². The maximum absolute atomic E-state index is 13.0. The zero-order valence-corrected chi connectivity index (χ0v) is 15.1. The van der Waals surface area contributed by atoms with E-state index in [1.807, 2.05) is 25.8 Å². The Morgan fingerprint density at radius 1 is 1.38 bits per heavy atom. The quantitative estimate of drug-likeness (QED) is 0.840.